The molecule has 0 N–H and O–H groups in total. The molecule has 2 saturated heterocycles. The first-order valence-corrected chi connectivity index (χ1v) is 6.22. The fraction of sp³-hybridized carbons (Fsp3) is 0.500. The predicted octanol–water partition coefficient (Wildman–Crippen LogP) is 1.83. The number of carbonyl (C=O) groups is 1. The van der Waals surface area contributed by atoms with Crippen LogP contribution in [0, 0.1) is 5.41 Å². The van der Waals surface area contributed by atoms with Gasteiger partial charge in [0.15, 0.2) is 0 Å². The lowest BCUT2D eigenvalue weighted by atomic mass is 9.86. The highest BCUT2D eigenvalue weighted by Gasteiger charge is 2.48. The quantitative estimate of drug-likeness (QED) is 0.727. The van der Waals surface area contributed by atoms with Crippen LogP contribution in [-0.4, -0.2) is 30.6 Å². The van der Waals surface area contributed by atoms with E-state index in [1.54, 1.807) is 0 Å². The molecule has 1 aromatic carbocycles. The van der Waals surface area contributed by atoms with Crippen molar-refractivity contribution in [3.63, 3.8) is 0 Å². The van der Waals surface area contributed by atoms with Crippen LogP contribution in [0.1, 0.15) is 18.4 Å². The Labute approximate surface area is 101 Å². The molecule has 2 heterocycles. The van der Waals surface area contributed by atoms with Crippen LogP contribution in [0.4, 0.5) is 0 Å². The summed E-state index contributed by atoms with van der Waals surface area (Å²) < 4.78 is 5.12. The maximum Gasteiger partial charge on any atom is 0.313 e. The van der Waals surface area contributed by atoms with Crippen LogP contribution < -0.4 is 0 Å². The highest BCUT2D eigenvalue weighted by atomic mass is 16.5. The normalized spacial score (nSPS) is 28.8. The second kappa shape index (κ2) is 4.15. The van der Waals surface area contributed by atoms with Crippen molar-refractivity contribution in [2.45, 2.75) is 19.4 Å². The van der Waals surface area contributed by atoms with Crippen LogP contribution in [0.2, 0.25) is 0 Å². The summed E-state index contributed by atoms with van der Waals surface area (Å²) >= 11 is 0. The van der Waals surface area contributed by atoms with Gasteiger partial charge in [-0.2, -0.15) is 0 Å². The number of esters is 1. The Bertz CT molecular complexity index is 417. The Morgan fingerprint density at radius 2 is 2.06 bits per heavy atom. The van der Waals surface area contributed by atoms with E-state index in [4.69, 9.17) is 4.74 Å². The SMILES string of the molecule is O=C1OCC[C@]12CCN(Cc1ccccc1)C2. The molecule has 1 atom stereocenters. The first kappa shape index (κ1) is 10.8. The van der Waals surface area contributed by atoms with Gasteiger partial charge in [0.2, 0.25) is 0 Å². The summed E-state index contributed by atoms with van der Waals surface area (Å²) in [6.45, 7) is 3.42. The van der Waals surface area contributed by atoms with Crippen molar-refractivity contribution in [1.82, 2.24) is 4.90 Å². The first-order valence-electron chi connectivity index (χ1n) is 6.22. The molecule has 0 unspecified atom stereocenters. The van der Waals surface area contributed by atoms with Crippen molar-refractivity contribution < 1.29 is 9.53 Å². The number of carbonyl (C=O) groups excluding carboxylic acids is 1. The molecule has 2 fully saturated rings. The predicted molar refractivity (Wildman–Crippen MR) is 64.3 cm³/mol. The number of hydrogen-bond donors (Lipinski definition) is 0. The number of nitrogens with zero attached hydrogens (tertiary/aromatic N) is 1. The van der Waals surface area contributed by atoms with Crippen LogP contribution >= 0.6 is 0 Å². The topological polar surface area (TPSA) is 29.5 Å². The van der Waals surface area contributed by atoms with Crippen molar-refractivity contribution >= 4 is 5.97 Å². The Balaban J connectivity index is 1.67. The Kier molecular flexibility index (Phi) is 2.63. The summed E-state index contributed by atoms with van der Waals surface area (Å²) in [4.78, 5) is 14.1. The molecule has 0 saturated carbocycles. The third kappa shape index (κ3) is 1.95. The fourth-order valence-electron chi connectivity index (χ4n) is 2.90. The smallest absolute Gasteiger partial charge is 0.313 e. The molecule has 3 heteroatoms. The van der Waals surface area contributed by atoms with Crippen LogP contribution in [0.3, 0.4) is 0 Å². The Hall–Kier alpha value is -1.35. The lowest BCUT2D eigenvalue weighted by Crippen LogP contribution is -2.30. The van der Waals surface area contributed by atoms with Gasteiger partial charge in [-0.25, -0.2) is 0 Å². The van der Waals surface area contributed by atoms with Crippen molar-refractivity contribution in [1.29, 1.82) is 0 Å². The van der Waals surface area contributed by atoms with Crippen molar-refractivity contribution in [3.05, 3.63) is 35.9 Å². The molecule has 1 aromatic rings. The molecule has 0 aromatic heterocycles. The molecule has 2 aliphatic rings. The maximum absolute atomic E-state index is 11.7. The van der Waals surface area contributed by atoms with Crippen molar-refractivity contribution in [2.75, 3.05) is 19.7 Å². The number of rotatable bonds is 2. The number of likely N-dealkylation sites (tertiary alicyclic amines) is 1. The summed E-state index contributed by atoms with van der Waals surface area (Å²) in [6, 6.07) is 10.4. The zero-order valence-electron chi connectivity index (χ0n) is 9.89. The van der Waals surface area contributed by atoms with Crippen LogP contribution in [0.5, 0.6) is 0 Å². The number of ether oxygens (including phenoxy) is 1. The van der Waals surface area contributed by atoms with Gasteiger partial charge in [-0.15, -0.1) is 0 Å². The van der Waals surface area contributed by atoms with Crippen LogP contribution in [-0.2, 0) is 16.1 Å². The monoisotopic (exact) mass is 231 g/mol. The van der Waals surface area contributed by atoms with E-state index in [9.17, 15) is 4.79 Å². The molecule has 90 valence electrons. The van der Waals surface area contributed by atoms with Gasteiger partial charge < -0.3 is 4.74 Å². The summed E-state index contributed by atoms with van der Waals surface area (Å²) in [7, 11) is 0. The highest BCUT2D eigenvalue weighted by molar-refractivity contribution is 5.79. The van der Waals surface area contributed by atoms with E-state index in [1.807, 2.05) is 6.07 Å². The molecule has 0 bridgehead atoms. The maximum atomic E-state index is 11.7. The summed E-state index contributed by atoms with van der Waals surface area (Å²) in [5.41, 5.74) is 1.13. The van der Waals surface area contributed by atoms with Gasteiger partial charge in [0.05, 0.1) is 12.0 Å². The summed E-state index contributed by atoms with van der Waals surface area (Å²) in [5.74, 6) is 0.0214. The Morgan fingerprint density at radius 1 is 1.24 bits per heavy atom. The van der Waals surface area contributed by atoms with Crippen LogP contribution in [0.25, 0.3) is 0 Å². The molecular formula is C14H17NO2. The third-order valence-electron chi connectivity index (χ3n) is 3.93. The van der Waals surface area contributed by atoms with Gasteiger partial charge >= 0.3 is 5.97 Å². The van der Waals surface area contributed by atoms with E-state index in [1.165, 1.54) is 5.56 Å². The van der Waals surface area contributed by atoms with Crippen molar-refractivity contribution in [3.8, 4) is 0 Å². The molecule has 0 radical (unpaired) electrons. The Morgan fingerprint density at radius 3 is 2.76 bits per heavy atom. The van der Waals surface area contributed by atoms with Gasteiger partial charge in [0, 0.05) is 13.1 Å². The lowest BCUT2D eigenvalue weighted by Gasteiger charge is -2.19. The van der Waals surface area contributed by atoms with Crippen LogP contribution in [0.15, 0.2) is 30.3 Å². The van der Waals surface area contributed by atoms with Gasteiger partial charge in [-0.1, -0.05) is 30.3 Å². The molecule has 3 nitrogen and oxygen atoms in total. The van der Waals surface area contributed by atoms with E-state index in [0.717, 1.165) is 32.5 Å². The van der Waals surface area contributed by atoms with Crippen molar-refractivity contribution in [2.24, 2.45) is 5.41 Å². The lowest BCUT2D eigenvalue weighted by molar-refractivity contribution is -0.145. The second-order valence-corrected chi connectivity index (χ2v) is 5.11. The summed E-state index contributed by atoms with van der Waals surface area (Å²) in [6.07, 6.45) is 1.86. The van der Waals surface area contributed by atoms with E-state index in [2.05, 4.69) is 29.2 Å². The van der Waals surface area contributed by atoms with E-state index in [0.29, 0.717) is 6.61 Å². The molecule has 1 spiro atoms. The standard InChI is InChI=1S/C14H17NO2/c16-13-14(7-9-17-13)6-8-15(11-14)10-12-4-2-1-3-5-12/h1-5H,6-11H2/t14-/m0/s1. The number of hydrogen-bond acceptors (Lipinski definition) is 3. The van der Waals surface area contributed by atoms with E-state index in [-0.39, 0.29) is 11.4 Å². The molecule has 3 rings (SSSR count). The molecule has 0 amide bonds. The molecular weight excluding hydrogens is 214 g/mol. The second-order valence-electron chi connectivity index (χ2n) is 5.11. The van der Waals surface area contributed by atoms with Gasteiger partial charge in [-0.3, -0.25) is 9.69 Å². The average Bonchev–Trinajstić information content (AvgIpc) is 2.90. The zero-order valence-corrected chi connectivity index (χ0v) is 9.89. The molecule has 2 aliphatic heterocycles. The fourth-order valence-corrected chi connectivity index (χ4v) is 2.90. The average molecular weight is 231 g/mol. The minimum absolute atomic E-state index is 0.0214. The minimum Gasteiger partial charge on any atom is -0.465 e. The first-order chi connectivity index (χ1) is 8.28. The largest absolute Gasteiger partial charge is 0.465 e. The van der Waals surface area contributed by atoms with E-state index >= 15 is 0 Å². The van der Waals surface area contributed by atoms with Gasteiger partial charge in [0.25, 0.3) is 0 Å². The third-order valence-corrected chi connectivity index (χ3v) is 3.93. The highest BCUT2D eigenvalue weighted by Crippen LogP contribution is 2.39. The zero-order chi connectivity index (χ0) is 11.7. The summed E-state index contributed by atoms with van der Waals surface area (Å²) in [5, 5.41) is 0. The van der Waals surface area contributed by atoms with E-state index < -0.39 is 0 Å². The number of benzene rings is 1. The molecule has 17 heavy (non-hydrogen) atoms. The minimum atomic E-state index is -0.186. The number of cyclic esters (lactones) is 1. The molecule has 0 aliphatic carbocycles. The van der Waals surface area contributed by atoms with Gasteiger partial charge in [-0.05, 0) is 24.9 Å². The van der Waals surface area contributed by atoms with Gasteiger partial charge in [0.1, 0.15) is 0 Å².